The fraction of sp³-hybridized carbons (Fsp3) is 0.333. The Bertz CT molecular complexity index is 578. The standard InChI is InChI=1S/C15H19ClN4OS.HI/c1-2-17-15(19-11-13-7-9-21-20-13)18-8-10-22-14-5-3-12(16)4-6-14;/h3-7,9H,2,8,10-11H2,1H3,(H2,17,18,19);1H. The first-order valence-electron chi connectivity index (χ1n) is 7.07. The summed E-state index contributed by atoms with van der Waals surface area (Å²) in [5.41, 5.74) is 0.813. The number of aromatic nitrogens is 1. The molecule has 0 spiro atoms. The summed E-state index contributed by atoms with van der Waals surface area (Å²) in [5, 5.41) is 11.1. The summed E-state index contributed by atoms with van der Waals surface area (Å²) in [4.78, 5) is 5.66. The van der Waals surface area contributed by atoms with Gasteiger partial charge >= 0.3 is 0 Å². The fourth-order valence-corrected chi connectivity index (χ4v) is 2.58. The maximum absolute atomic E-state index is 5.87. The van der Waals surface area contributed by atoms with E-state index in [1.165, 1.54) is 4.90 Å². The molecule has 5 nitrogen and oxygen atoms in total. The second-order valence-corrected chi connectivity index (χ2v) is 6.02. The minimum Gasteiger partial charge on any atom is -0.364 e. The van der Waals surface area contributed by atoms with Gasteiger partial charge in [0.2, 0.25) is 0 Å². The van der Waals surface area contributed by atoms with E-state index in [1.807, 2.05) is 37.3 Å². The maximum atomic E-state index is 5.87. The average Bonchev–Trinajstić information content (AvgIpc) is 3.04. The highest BCUT2D eigenvalue weighted by molar-refractivity contribution is 14.0. The fourth-order valence-electron chi connectivity index (χ4n) is 1.69. The van der Waals surface area contributed by atoms with Crippen LogP contribution in [-0.4, -0.2) is 30.0 Å². The van der Waals surface area contributed by atoms with Crippen LogP contribution in [0.15, 0.2) is 51.0 Å². The van der Waals surface area contributed by atoms with Crippen LogP contribution in [0.25, 0.3) is 0 Å². The lowest BCUT2D eigenvalue weighted by atomic mass is 10.4. The Morgan fingerprint density at radius 2 is 2.04 bits per heavy atom. The molecule has 0 saturated carbocycles. The third kappa shape index (κ3) is 7.94. The highest BCUT2D eigenvalue weighted by atomic mass is 127. The van der Waals surface area contributed by atoms with Crippen molar-refractivity contribution in [2.45, 2.75) is 18.4 Å². The van der Waals surface area contributed by atoms with Gasteiger partial charge in [0, 0.05) is 34.8 Å². The van der Waals surface area contributed by atoms with Crippen molar-refractivity contribution in [2.75, 3.05) is 18.8 Å². The van der Waals surface area contributed by atoms with Crippen LogP contribution in [0.2, 0.25) is 5.02 Å². The van der Waals surface area contributed by atoms with Crippen LogP contribution < -0.4 is 10.6 Å². The monoisotopic (exact) mass is 466 g/mol. The normalized spacial score (nSPS) is 11.0. The van der Waals surface area contributed by atoms with Gasteiger partial charge in [-0.3, -0.25) is 0 Å². The van der Waals surface area contributed by atoms with E-state index < -0.39 is 0 Å². The molecule has 1 heterocycles. The molecule has 8 heteroatoms. The summed E-state index contributed by atoms with van der Waals surface area (Å²) in [6.07, 6.45) is 1.55. The summed E-state index contributed by atoms with van der Waals surface area (Å²) in [5.74, 6) is 1.72. The second-order valence-electron chi connectivity index (χ2n) is 4.42. The van der Waals surface area contributed by atoms with E-state index in [0.717, 1.165) is 35.5 Å². The summed E-state index contributed by atoms with van der Waals surface area (Å²) in [7, 11) is 0. The number of nitrogens with zero attached hydrogens (tertiary/aromatic N) is 2. The van der Waals surface area contributed by atoms with Gasteiger partial charge in [-0.05, 0) is 31.2 Å². The Morgan fingerprint density at radius 3 is 2.70 bits per heavy atom. The molecule has 0 saturated heterocycles. The molecule has 0 atom stereocenters. The van der Waals surface area contributed by atoms with Gasteiger partial charge in [0.15, 0.2) is 5.96 Å². The van der Waals surface area contributed by atoms with Gasteiger partial charge in [-0.1, -0.05) is 16.8 Å². The third-order valence-corrected chi connectivity index (χ3v) is 3.98. The van der Waals surface area contributed by atoms with Gasteiger partial charge in [0.05, 0.1) is 6.54 Å². The van der Waals surface area contributed by atoms with Gasteiger partial charge in [0.25, 0.3) is 0 Å². The van der Waals surface area contributed by atoms with Gasteiger partial charge in [-0.2, -0.15) is 0 Å². The van der Waals surface area contributed by atoms with Gasteiger partial charge in [0.1, 0.15) is 12.0 Å². The molecule has 1 aromatic carbocycles. The molecule has 0 aliphatic rings. The largest absolute Gasteiger partial charge is 0.364 e. The minimum absolute atomic E-state index is 0. The van der Waals surface area contributed by atoms with Gasteiger partial charge < -0.3 is 15.2 Å². The Hall–Kier alpha value is -0.930. The summed E-state index contributed by atoms with van der Waals surface area (Å²) in [6.45, 7) is 4.17. The highest BCUT2D eigenvalue weighted by Crippen LogP contribution is 2.19. The van der Waals surface area contributed by atoms with E-state index in [2.05, 4.69) is 20.8 Å². The Kier molecular flexibility index (Phi) is 10.1. The van der Waals surface area contributed by atoms with E-state index in [9.17, 15) is 0 Å². The summed E-state index contributed by atoms with van der Waals surface area (Å²) < 4.78 is 4.79. The SMILES string of the molecule is CCNC(=NCc1ccon1)NCCSc1ccc(Cl)cc1.I. The molecule has 2 N–H and O–H groups in total. The van der Waals surface area contributed by atoms with Crippen molar-refractivity contribution < 1.29 is 4.52 Å². The van der Waals surface area contributed by atoms with Crippen LogP contribution in [0.1, 0.15) is 12.6 Å². The number of hydrogen-bond donors (Lipinski definition) is 2. The van der Waals surface area contributed by atoms with E-state index in [4.69, 9.17) is 16.1 Å². The number of hydrogen-bond acceptors (Lipinski definition) is 4. The minimum atomic E-state index is 0. The zero-order chi connectivity index (χ0) is 15.6. The second kappa shape index (κ2) is 11.6. The topological polar surface area (TPSA) is 62.5 Å². The average molecular weight is 467 g/mol. The number of thioether (sulfide) groups is 1. The Balaban J connectivity index is 0.00000264. The van der Waals surface area contributed by atoms with Gasteiger partial charge in [-0.25, -0.2) is 4.99 Å². The lowest BCUT2D eigenvalue weighted by Gasteiger charge is -2.10. The number of benzene rings is 1. The summed E-state index contributed by atoms with van der Waals surface area (Å²) >= 11 is 7.64. The highest BCUT2D eigenvalue weighted by Gasteiger charge is 2.00. The quantitative estimate of drug-likeness (QED) is 0.214. The van der Waals surface area contributed by atoms with Crippen molar-refractivity contribution >= 4 is 53.3 Å². The number of halogens is 2. The first-order valence-corrected chi connectivity index (χ1v) is 8.44. The molecule has 0 radical (unpaired) electrons. The Labute approximate surface area is 162 Å². The molecule has 1 aromatic heterocycles. The predicted molar refractivity (Wildman–Crippen MR) is 107 cm³/mol. The van der Waals surface area contributed by atoms with Crippen molar-refractivity contribution in [3.63, 3.8) is 0 Å². The first-order chi connectivity index (χ1) is 10.8. The van der Waals surface area contributed by atoms with Crippen LogP contribution in [0, 0.1) is 0 Å². The lowest BCUT2D eigenvalue weighted by molar-refractivity contribution is 0.412. The molecule has 2 aromatic rings. The van der Waals surface area contributed by atoms with Crippen molar-refractivity contribution in [1.82, 2.24) is 15.8 Å². The van der Waals surface area contributed by atoms with E-state index in [0.29, 0.717) is 6.54 Å². The van der Waals surface area contributed by atoms with Crippen molar-refractivity contribution in [1.29, 1.82) is 0 Å². The molecular formula is C15H20ClIN4OS. The van der Waals surface area contributed by atoms with E-state index >= 15 is 0 Å². The van der Waals surface area contributed by atoms with Crippen molar-refractivity contribution in [2.24, 2.45) is 4.99 Å². The molecule has 23 heavy (non-hydrogen) atoms. The zero-order valence-electron chi connectivity index (χ0n) is 12.8. The van der Waals surface area contributed by atoms with Crippen molar-refractivity contribution in [3.8, 4) is 0 Å². The number of nitrogens with one attached hydrogen (secondary N) is 2. The summed E-state index contributed by atoms with van der Waals surface area (Å²) in [6, 6.07) is 9.67. The molecule has 0 unspecified atom stereocenters. The first kappa shape index (κ1) is 20.1. The van der Waals surface area contributed by atoms with Crippen LogP contribution in [0.5, 0.6) is 0 Å². The molecular weight excluding hydrogens is 447 g/mol. The maximum Gasteiger partial charge on any atom is 0.191 e. The zero-order valence-corrected chi connectivity index (χ0v) is 16.7. The molecule has 0 aliphatic heterocycles. The van der Waals surface area contributed by atoms with Crippen LogP contribution in [0.3, 0.4) is 0 Å². The van der Waals surface area contributed by atoms with Crippen LogP contribution >= 0.6 is 47.3 Å². The number of rotatable bonds is 7. The van der Waals surface area contributed by atoms with Crippen LogP contribution in [-0.2, 0) is 6.54 Å². The third-order valence-electron chi connectivity index (χ3n) is 2.71. The van der Waals surface area contributed by atoms with E-state index in [-0.39, 0.29) is 24.0 Å². The molecule has 0 bridgehead atoms. The smallest absolute Gasteiger partial charge is 0.191 e. The number of guanidine groups is 1. The predicted octanol–water partition coefficient (Wildman–Crippen LogP) is 3.79. The molecule has 0 amide bonds. The van der Waals surface area contributed by atoms with Crippen molar-refractivity contribution in [3.05, 3.63) is 47.3 Å². The molecule has 0 aliphatic carbocycles. The number of aliphatic imine (C=N–C) groups is 1. The molecule has 0 fully saturated rings. The molecule has 126 valence electrons. The van der Waals surface area contributed by atoms with Gasteiger partial charge in [-0.15, -0.1) is 35.7 Å². The molecule has 2 rings (SSSR count). The lowest BCUT2D eigenvalue weighted by Crippen LogP contribution is -2.38. The van der Waals surface area contributed by atoms with E-state index in [1.54, 1.807) is 18.0 Å². The Morgan fingerprint density at radius 1 is 1.26 bits per heavy atom. The van der Waals surface area contributed by atoms with Crippen LogP contribution in [0.4, 0.5) is 0 Å².